The molecule has 0 N–H and O–H groups in total. The highest BCUT2D eigenvalue weighted by atomic mass is 79.9. The minimum absolute atomic E-state index is 0.0297. The van der Waals surface area contributed by atoms with E-state index in [9.17, 15) is 4.39 Å². The molecule has 0 unspecified atom stereocenters. The largest absolute Gasteiger partial charge is 0.497 e. The van der Waals surface area contributed by atoms with E-state index in [4.69, 9.17) is 14.6 Å². The summed E-state index contributed by atoms with van der Waals surface area (Å²) in [5.41, 5.74) is 3.48. The molecule has 0 spiro atoms. The fourth-order valence-corrected chi connectivity index (χ4v) is 4.28. The first kappa shape index (κ1) is 18.2. The molecule has 3 aromatic carbocycles. The Bertz CT molecular complexity index is 1100. The van der Waals surface area contributed by atoms with Gasteiger partial charge in [-0.25, -0.2) is 9.40 Å². The third-order valence-electron chi connectivity index (χ3n) is 5.35. The standard InChI is InChI=1S/C23H18BrFN2O2/c1-28-16-9-6-14(7-10-16)20-13-21-18-12-15(24)8-11-22(18)29-23(27(21)26-20)17-4-2-3-5-19(17)25/h2-12,21,23H,13H2,1H3/t21-,23+/m0/s1. The molecule has 0 fully saturated rings. The molecule has 2 aliphatic rings. The van der Waals surface area contributed by atoms with Crippen LogP contribution >= 0.6 is 15.9 Å². The Morgan fingerprint density at radius 2 is 1.86 bits per heavy atom. The molecule has 146 valence electrons. The van der Waals surface area contributed by atoms with Crippen LogP contribution in [0.2, 0.25) is 0 Å². The predicted octanol–water partition coefficient (Wildman–Crippen LogP) is 5.84. The monoisotopic (exact) mass is 452 g/mol. The molecule has 4 nitrogen and oxygen atoms in total. The van der Waals surface area contributed by atoms with Crippen molar-refractivity contribution in [1.82, 2.24) is 5.01 Å². The lowest BCUT2D eigenvalue weighted by Crippen LogP contribution is -2.34. The Labute approximate surface area is 176 Å². The average Bonchev–Trinajstić information content (AvgIpc) is 3.20. The highest BCUT2D eigenvalue weighted by Crippen LogP contribution is 2.48. The van der Waals surface area contributed by atoms with Crippen LogP contribution in [0.5, 0.6) is 11.5 Å². The van der Waals surface area contributed by atoms with E-state index in [1.807, 2.05) is 47.5 Å². The molecule has 3 aromatic rings. The number of benzene rings is 3. The van der Waals surface area contributed by atoms with E-state index in [1.54, 1.807) is 19.2 Å². The van der Waals surface area contributed by atoms with Crippen LogP contribution in [0.1, 0.15) is 35.4 Å². The van der Waals surface area contributed by atoms with Crippen molar-refractivity contribution in [2.24, 2.45) is 5.10 Å². The number of rotatable bonds is 3. The van der Waals surface area contributed by atoms with Crippen molar-refractivity contribution in [2.75, 3.05) is 7.11 Å². The fraction of sp³-hybridized carbons (Fsp3) is 0.174. The molecule has 2 atom stereocenters. The maximum Gasteiger partial charge on any atom is 0.216 e. The van der Waals surface area contributed by atoms with Gasteiger partial charge in [-0.05, 0) is 54.1 Å². The highest BCUT2D eigenvalue weighted by molar-refractivity contribution is 9.10. The topological polar surface area (TPSA) is 34.1 Å². The summed E-state index contributed by atoms with van der Waals surface area (Å²) >= 11 is 3.55. The molecule has 0 aliphatic carbocycles. The normalized spacial score (nSPS) is 19.8. The van der Waals surface area contributed by atoms with Crippen molar-refractivity contribution < 1.29 is 13.9 Å². The second kappa shape index (κ2) is 7.19. The zero-order valence-electron chi connectivity index (χ0n) is 15.7. The van der Waals surface area contributed by atoms with Crippen LogP contribution in [-0.4, -0.2) is 17.8 Å². The van der Waals surface area contributed by atoms with Gasteiger partial charge >= 0.3 is 0 Å². The summed E-state index contributed by atoms with van der Waals surface area (Å²) in [7, 11) is 1.65. The quantitative estimate of drug-likeness (QED) is 0.500. The first-order valence-corrected chi connectivity index (χ1v) is 10.1. The highest BCUT2D eigenvalue weighted by Gasteiger charge is 2.41. The zero-order chi connectivity index (χ0) is 20.0. The lowest BCUT2D eigenvalue weighted by Gasteiger charge is -2.38. The lowest BCUT2D eigenvalue weighted by molar-refractivity contribution is -0.0212. The number of fused-ring (bicyclic) bond motifs is 3. The first-order chi connectivity index (χ1) is 14.1. The van der Waals surface area contributed by atoms with Crippen LogP contribution in [0.25, 0.3) is 0 Å². The van der Waals surface area contributed by atoms with Crippen LogP contribution < -0.4 is 9.47 Å². The smallest absolute Gasteiger partial charge is 0.216 e. The molecular formula is C23H18BrFN2O2. The summed E-state index contributed by atoms with van der Waals surface area (Å²) in [5.74, 6) is 1.26. The van der Waals surface area contributed by atoms with Crippen LogP contribution in [0, 0.1) is 5.82 Å². The van der Waals surface area contributed by atoms with Crippen molar-refractivity contribution in [3.05, 3.63) is 93.7 Å². The molecule has 0 saturated heterocycles. The summed E-state index contributed by atoms with van der Waals surface area (Å²) < 4.78 is 27.1. The van der Waals surface area contributed by atoms with Crippen LogP contribution in [0.15, 0.2) is 76.3 Å². The van der Waals surface area contributed by atoms with Gasteiger partial charge in [0.15, 0.2) is 0 Å². The van der Waals surface area contributed by atoms with Gasteiger partial charge in [0, 0.05) is 16.5 Å². The molecule has 2 aliphatic heterocycles. The SMILES string of the molecule is COc1ccc(C2=NN3[C@@H](c4ccccc4F)Oc4ccc(Br)cc4[C@@H]3C2)cc1. The molecule has 0 aromatic heterocycles. The van der Waals surface area contributed by atoms with Gasteiger partial charge < -0.3 is 9.47 Å². The number of hydrogen-bond donors (Lipinski definition) is 0. The Hall–Kier alpha value is -2.86. The number of ether oxygens (including phenoxy) is 2. The molecule has 6 heteroatoms. The Morgan fingerprint density at radius 1 is 1.07 bits per heavy atom. The van der Waals surface area contributed by atoms with Crippen LogP contribution in [-0.2, 0) is 0 Å². The van der Waals surface area contributed by atoms with Gasteiger partial charge in [0.05, 0.1) is 24.4 Å². The summed E-state index contributed by atoms with van der Waals surface area (Å²) in [6.45, 7) is 0. The van der Waals surface area contributed by atoms with E-state index in [2.05, 4.69) is 22.0 Å². The van der Waals surface area contributed by atoms with Gasteiger partial charge in [-0.3, -0.25) is 0 Å². The van der Waals surface area contributed by atoms with Gasteiger partial charge in [0.2, 0.25) is 6.23 Å². The van der Waals surface area contributed by atoms with Gasteiger partial charge in [-0.15, -0.1) is 0 Å². The summed E-state index contributed by atoms with van der Waals surface area (Å²) in [6, 6.07) is 20.4. The van der Waals surface area contributed by atoms with Crippen molar-refractivity contribution >= 4 is 21.6 Å². The Morgan fingerprint density at radius 3 is 2.62 bits per heavy atom. The molecule has 0 saturated carbocycles. The maximum atomic E-state index is 14.6. The van der Waals surface area contributed by atoms with E-state index in [0.717, 1.165) is 32.8 Å². The Balaban J connectivity index is 1.59. The lowest BCUT2D eigenvalue weighted by atomic mass is 9.96. The van der Waals surface area contributed by atoms with Gasteiger partial charge in [0.1, 0.15) is 17.3 Å². The third-order valence-corrected chi connectivity index (χ3v) is 5.84. The van der Waals surface area contributed by atoms with E-state index in [-0.39, 0.29) is 11.9 Å². The fourth-order valence-electron chi connectivity index (χ4n) is 3.90. The molecule has 0 radical (unpaired) electrons. The molecule has 5 rings (SSSR count). The van der Waals surface area contributed by atoms with Crippen molar-refractivity contribution in [1.29, 1.82) is 0 Å². The number of hydrogen-bond acceptors (Lipinski definition) is 4. The first-order valence-electron chi connectivity index (χ1n) is 9.35. The van der Waals surface area contributed by atoms with Crippen molar-refractivity contribution in [3.8, 4) is 11.5 Å². The number of methoxy groups -OCH3 is 1. The van der Waals surface area contributed by atoms with Gasteiger partial charge in [0.25, 0.3) is 0 Å². The van der Waals surface area contributed by atoms with E-state index < -0.39 is 6.23 Å². The summed E-state index contributed by atoms with van der Waals surface area (Å²) in [4.78, 5) is 0. The molecule has 2 heterocycles. The number of halogens is 2. The third kappa shape index (κ3) is 3.17. The summed E-state index contributed by atoms with van der Waals surface area (Å²) in [5, 5.41) is 6.75. The van der Waals surface area contributed by atoms with Crippen molar-refractivity contribution in [2.45, 2.75) is 18.7 Å². The van der Waals surface area contributed by atoms with Crippen LogP contribution in [0.4, 0.5) is 4.39 Å². The van der Waals surface area contributed by atoms with E-state index in [0.29, 0.717) is 12.0 Å². The summed E-state index contributed by atoms with van der Waals surface area (Å²) in [6.07, 6.45) is 0.0926. The van der Waals surface area contributed by atoms with E-state index >= 15 is 0 Å². The van der Waals surface area contributed by atoms with E-state index in [1.165, 1.54) is 6.07 Å². The van der Waals surface area contributed by atoms with Crippen molar-refractivity contribution in [3.63, 3.8) is 0 Å². The second-order valence-corrected chi connectivity index (χ2v) is 7.96. The molecule has 29 heavy (non-hydrogen) atoms. The molecule has 0 bridgehead atoms. The number of nitrogens with zero attached hydrogens (tertiary/aromatic N) is 2. The number of hydrazone groups is 1. The molecule has 0 amide bonds. The van der Waals surface area contributed by atoms with Crippen LogP contribution in [0.3, 0.4) is 0 Å². The maximum absolute atomic E-state index is 14.6. The van der Waals surface area contributed by atoms with Gasteiger partial charge in [-0.1, -0.05) is 34.1 Å². The minimum atomic E-state index is -0.620. The Kier molecular flexibility index (Phi) is 4.51. The average molecular weight is 453 g/mol. The second-order valence-electron chi connectivity index (χ2n) is 7.05. The predicted molar refractivity (Wildman–Crippen MR) is 113 cm³/mol. The minimum Gasteiger partial charge on any atom is -0.497 e. The van der Waals surface area contributed by atoms with Gasteiger partial charge in [-0.2, -0.15) is 5.10 Å². The zero-order valence-corrected chi connectivity index (χ0v) is 17.3. The molecular weight excluding hydrogens is 435 g/mol.